The van der Waals surface area contributed by atoms with Crippen molar-refractivity contribution in [1.82, 2.24) is 0 Å². The van der Waals surface area contributed by atoms with Gasteiger partial charge in [0.2, 0.25) is 11.8 Å². The molecule has 2 aromatic rings. The monoisotopic (exact) mass is 396 g/mol. The molecule has 6 nitrogen and oxygen atoms in total. The lowest BCUT2D eigenvalue weighted by Gasteiger charge is -2.22. The highest BCUT2D eigenvalue weighted by atomic mass is 35.5. The van der Waals surface area contributed by atoms with E-state index in [0.29, 0.717) is 27.9 Å². The number of methoxy groups -OCH3 is 2. The summed E-state index contributed by atoms with van der Waals surface area (Å²) in [5.41, 5.74) is 0.921. The van der Waals surface area contributed by atoms with E-state index in [1.165, 1.54) is 32.1 Å². The first-order valence-corrected chi connectivity index (χ1v) is 8.36. The molecule has 26 heavy (non-hydrogen) atoms. The Morgan fingerprint density at radius 1 is 1.04 bits per heavy atom. The average Bonchev–Trinajstić information content (AvgIpc) is 2.60. The third kappa shape index (κ3) is 4.80. The molecule has 0 saturated carbocycles. The Bertz CT molecular complexity index is 827. The summed E-state index contributed by atoms with van der Waals surface area (Å²) in [4.78, 5) is 25.6. The Morgan fingerprint density at radius 3 is 2.31 bits per heavy atom. The molecule has 0 aliphatic carbocycles. The predicted octanol–water partition coefficient (Wildman–Crippen LogP) is 4.00. The molecular weight excluding hydrogens is 379 g/mol. The van der Waals surface area contributed by atoms with Crippen LogP contribution in [0.15, 0.2) is 36.4 Å². The zero-order valence-electron chi connectivity index (χ0n) is 14.5. The molecule has 138 valence electrons. The zero-order valence-corrected chi connectivity index (χ0v) is 16.0. The summed E-state index contributed by atoms with van der Waals surface area (Å²) in [6.07, 6.45) is 0. The number of rotatable bonds is 6. The van der Waals surface area contributed by atoms with Gasteiger partial charge in [-0.15, -0.1) is 0 Å². The smallest absolute Gasteiger partial charge is 0.244 e. The molecule has 0 radical (unpaired) electrons. The zero-order chi connectivity index (χ0) is 19.3. The number of anilines is 2. The molecule has 1 N–H and O–H groups in total. The first-order chi connectivity index (χ1) is 12.3. The number of carbonyl (C=O) groups excluding carboxylic acids is 2. The van der Waals surface area contributed by atoms with Crippen molar-refractivity contribution in [1.29, 1.82) is 0 Å². The lowest BCUT2D eigenvalue weighted by atomic mass is 10.2. The molecule has 0 aliphatic heterocycles. The second-order valence-electron chi connectivity index (χ2n) is 5.32. The number of ether oxygens (including phenoxy) is 2. The third-order valence-corrected chi connectivity index (χ3v) is 4.09. The number of nitrogens with one attached hydrogen (secondary N) is 1. The average molecular weight is 397 g/mol. The van der Waals surface area contributed by atoms with Crippen LogP contribution in [0.2, 0.25) is 10.0 Å². The molecule has 2 rings (SSSR count). The number of hydrogen-bond donors (Lipinski definition) is 1. The van der Waals surface area contributed by atoms with E-state index < -0.39 is 5.91 Å². The summed E-state index contributed by atoms with van der Waals surface area (Å²) in [5.74, 6) is 0.313. The molecule has 2 aromatic carbocycles. The van der Waals surface area contributed by atoms with Gasteiger partial charge in [0.25, 0.3) is 0 Å². The molecule has 0 spiro atoms. The fourth-order valence-electron chi connectivity index (χ4n) is 2.32. The maximum Gasteiger partial charge on any atom is 0.244 e. The van der Waals surface area contributed by atoms with Gasteiger partial charge >= 0.3 is 0 Å². The number of nitrogens with zero attached hydrogens (tertiary/aromatic N) is 1. The summed E-state index contributed by atoms with van der Waals surface area (Å²) >= 11 is 12.0. The minimum Gasteiger partial charge on any atom is -0.493 e. The lowest BCUT2D eigenvalue weighted by Crippen LogP contribution is -2.36. The Kier molecular flexibility index (Phi) is 6.71. The largest absolute Gasteiger partial charge is 0.493 e. The van der Waals surface area contributed by atoms with Crippen molar-refractivity contribution in [3.8, 4) is 11.5 Å². The van der Waals surface area contributed by atoms with Gasteiger partial charge in [-0.1, -0.05) is 23.2 Å². The van der Waals surface area contributed by atoms with Crippen LogP contribution in [-0.4, -0.2) is 32.6 Å². The molecule has 0 saturated heterocycles. The van der Waals surface area contributed by atoms with E-state index >= 15 is 0 Å². The van der Waals surface area contributed by atoms with Gasteiger partial charge in [-0.25, -0.2) is 0 Å². The van der Waals surface area contributed by atoms with Crippen LogP contribution in [0.4, 0.5) is 11.4 Å². The van der Waals surface area contributed by atoms with Crippen molar-refractivity contribution in [3.63, 3.8) is 0 Å². The molecule has 0 bridgehead atoms. The van der Waals surface area contributed by atoms with Gasteiger partial charge < -0.3 is 19.7 Å². The van der Waals surface area contributed by atoms with Crippen LogP contribution in [0.3, 0.4) is 0 Å². The topological polar surface area (TPSA) is 67.9 Å². The Morgan fingerprint density at radius 2 is 1.73 bits per heavy atom. The van der Waals surface area contributed by atoms with Gasteiger partial charge in [-0.2, -0.15) is 0 Å². The van der Waals surface area contributed by atoms with Crippen molar-refractivity contribution >= 4 is 46.4 Å². The minimum atomic E-state index is -0.390. The summed E-state index contributed by atoms with van der Waals surface area (Å²) in [5, 5.41) is 3.44. The van der Waals surface area contributed by atoms with Gasteiger partial charge in [0.15, 0.2) is 11.5 Å². The van der Waals surface area contributed by atoms with E-state index in [4.69, 9.17) is 32.7 Å². The fraction of sp³-hybridized carbons (Fsp3) is 0.222. The second kappa shape index (κ2) is 8.78. The maximum atomic E-state index is 12.4. The van der Waals surface area contributed by atoms with Crippen molar-refractivity contribution in [2.24, 2.45) is 0 Å². The van der Waals surface area contributed by atoms with E-state index in [0.717, 1.165) is 0 Å². The van der Waals surface area contributed by atoms with Crippen molar-refractivity contribution in [3.05, 3.63) is 46.4 Å². The number of hydrogen-bond acceptors (Lipinski definition) is 4. The summed E-state index contributed by atoms with van der Waals surface area (Å²) in [7, 11) is 3.03. The number of carbonyl (C=O) groups is 2. The molecule has 0 atom stereocenters. The van der Waals surface area contributed by atoms with Gasteiger partial charge in [0.1, 0.15) is 6.54 Å². The Balaban J connectivity index is 2.17. The normalized spacial score (nSPS) is 10.2. The molecule has 0 aliphatic rings. The summed E-state index contributed by atoms with van der Waals surface area (Å²) in [6.45, 7) is 1.15. The van der Waals surface area contributed by atoms with Gasteiger partial charge in [-0.05, 0) is 30.3 Å². The Hall–Kier alpha value is -2.44. The van der Waals surface area contributed by atoms with Crippen LogP contribution in [0.5, 0.6) is 11.5 Å². The molecule has 2 amide bonds. The number of halogens is 2. The molecular formula is C18H18Cl2N2O4. The van der Waals surface area contributed by atoms with Crippen molar-refractivity contribution in [2.45, 2.75) is 6.92 Å². The quantitative estimate of drug-likeness (QED) is 0.800. The van der Waals surface area contributed by atoms with Crippen LogP contribution in [0.25, 0.3) is 0 Å². The van der Waals surface area contributed by atoms with E-state index in [1.54, 1.807) is 30.3 Å². The standard InChI is InChI=1S/C18H18Cl2N2O4/c1-11(23)22(15-6-4-12(19)8-14(15)20)10-18(24)21-13-5-7-16(25-2)17(9-13)26-3/h4-9H,10H2,1-3H3,(H,21,24). The third-order valence-electron chi connectivity index (χ3n) is 3.55. The summed E-state index contributed by atoms with van der Waals surface area (Å²) < 4.78 is 10.4. The first kappa shape index (κ1) is 19.9. The van der Waals surface area contributed by atoms with Crippen LogP contribution in [-0.2, 0) is 9.59 Å². The second-order valence-corrected chi connectivity index (χ2v) is 6.16. The van der Waals surface area contributed by atoms with Gasteiger partial charge in [0, 0.05) is 23.7 Å². The van der Waals surface area contributed by atoms with Crippen LogP contribution < -0.4 is 19.7 Å². The highest BCUT2D eigenvalue weighted by molar-refractivity contribution is 6.36. The van der Waals surface area contributed by atoms with Crippen molar-refractivity contribution in [2.75, 3.05) is 31.0 Å². The highest BCUT2D eigenvalue weighted by Gasteiger charge is 2.19. The van der Waals surface area contributed by atoms with Crippen LogP contribution in [0.1, 0.15) is 6.92 Å². The SMILES string of the molecule is COc1ccc(NC(=O)CN(C(C)=O)c2ccc(Cl)cc2Cl)cc1OC. The Labute approximate surface area is 161 Å². The molecule has 0 aromatic heterocycles. The van der Waals surface area contributed by atoms with Crippen LogP contribution >= 0.6 is 23.2 Å². The lowest BCUT2D eigenvalue weighted by molar-refractivity contribution is -0.120. The van der Waals surface area contributed by atoms with Crippen molar-refractivity contribution < 1.29 is 19.1 Å². The summed E-state index contributed by atoms with van der Waals surface area (Å²) in [6, 6.07) is 9.69. The fourth-order valence-corrected chi connectivity index (χ4v) is 2.83. The minimum absolute atomic E-state index is 0.203. The van der Waals surface area contributed by atoms with Gasteiger partial charge in [0.05, 0.1) is 24.9 Å². The maximum absolute atomic E-state index is 12.4. The number of benzene rings is 2. The first-order valence-electron chi connectivity index (χ1n) is 7.60. The molecule has 0 unspecified atom stereocenters. The van der Waals surface area contributed by atoms with E-state index in [1.807, 2.05) is 0 Å². The molecule has 0 heterocycles. The van der Waals surface area contributed by atoms with Gasteiger partial charge in [-0.3, -0.25) is 9.59 Å². The highest BCUT2D eigenvalue weighted by Crippen LogP contribution is 2.31. The van der Waals surface area contributed by atoms with E-state index in [-0.39, 0.29) is 17.5 Å². The van der Waals surface area contributed by atoms with E-state index in [2.05, 4.69) is 5.32 Å². The van der Waals surface area contributed by atoms with Crippen LogP contribution in [0, 0.1) is 0 Å². The van der Waals surface area contributed by atoms with E-state index in [9.17, 15) is 9.59 Å². The predicted molar refractivity (Wildman–Crippen MR) is 103 cm³/mol. The molecule has 0 fully saturated rings. The molecule has 8 heteroatoms. The number of amides is 2.